The Morgan fingerprint density at radius 2 is 0.512 bits per heavy atom. The van der Waals surface area contributed by atoms with E-state index in [1.165, 1.54) is 103 Å². The van der Waals surface area contributed by atoms with Crippen LogP contribution in [0.1, 0.15) is 103 Å². The van der Waals surface area contributed by atoms with Gasteiger partial charge >= 0.3 is 17.4 Å². The second-order valence-electron chi connectivity index (χ2n) is 22.9. The van der Waals surface area contributed by atoms with E-state index < -0.39 is 80.5 Å². The Morgan fingerprint density at radius 1 is 0.350 bits per heavy atom. The van der Waals surface area contributed by atoms with Crippen LogP contribution in [0.5, 0.6) is 0 Å². The number of fused-ring (bicyclic) bond motifs is 20. The van der Waals surface area contributed by atoms with Crippen molar-refractivity contribution in [1.29, 1.82) is 0 Å². The maximum absolute atomic E-state index is 10.6. The largest absolute Gasteiger partial charge is 3.00 e. The van der Waals surface area contributed by atoms with Gasteiger partial charge in [0.25, 0.3) is 30.4 Å². The summed E-state index contributed by atoms with van der Waals surface area (Å²) in [5.41, 5.74) is -4.42. The van der Waals surface area contributed by atoms with E-state index in [9.17, 15) is 51.5 Å². The smallest absolute Gasteiger partial charge is 0.760 e. The van der Waals surface area contributed by atoms with Crippen LogP contribution in [0.15, 0.2) is 0 Å². The number of rotatable bonds is 6. The number of nitrogens with zero attached hydrogens (tertiary/aromatic N) is 3. The third-order valence-electron chi connectivity index (χ3n) is 18.4. The molecule has 12 rings (SSSR count). The third-order valence-corrected chi connectivity index (χ3v) is 23.5. The minimum Gasteiger partial charge on any atom is -0.760 e. The predicted octanol–water partition coefficient (Wildman–Crippen LogP) is -2.80. The molecule has 29 nitrogen and oxygen atoms in total. The summed E-state index contributed by atoms with van der Waals surface area (Å²) in [5.74, 6) is 5.97. The van der Waals surface area contributed by atoms with Gasteiger partial charge in [-0.2, -0.15) is 25.3 Å². The van der Waals surface area contributed by atoms with E-state index in [2.05, 4.69) is 56.7 Å². The summed E-state index contributed by atoms with van der Waals surface area (Å²) in [6.07, 6.45) is 25.6. The summed E-state index contributed by atoms with van der Waals surface area (Å²) in [6.45, 7) is -0.930. The van der Waals surface area contributed by atoms with Crippen molar-refractivity contribution in [3.8, 4) is 0 Å². The van der Waals surface area contributed by atoms with Gasteiger partial charge in [-0.3, -0.25) is 68.8 Å². The molecule has 0 spiro atoms. The zero-order chi connectivity index (χ0) is 56.4. The first-order chi connectivity index (χ1) is 37.5. The fourth-order valence-electron chi connectivity index (χ4n) is 14.7. The van der Waals surface area contributed by atoms with Crippen molar-refractivity contribution < 1.29 is 79.4 Å². The molecule has 0 aromatic heterocycles. The summed E-state index contributed by atoms with van der Waals surface area (Å²) < 4.78 is 168. The first-order valence-electron chi connectivity index (χ1n) is 27.9. The maximum Gasteiger partial charge on any atom is 3.00 e. The molecule has 8 heterocycles. The Balaban J connectivity index is 0.000000172. The first kappa shape index (κ1) is 66.0. The van der Waals surface area contributed by atoms with Crippen molar-refractivity contribution in [2.45, 2.75) is 168 Å². The molecular weight excluding hydrogens is 1190 g/mol. The second-order valence-corrected chi connectivity index (χ2v) is 30.4. The average Bonchev–Trinajstić information content (AvgIpc) is 4.24. The zero-order valence-corrected chi connectivity index (χ0v) is 50.5. The fraction of sp³-hybridized carbons (Fsp3) is 1.00. The molecule has 8 saturated heterocycles. The monoisotopic (exact) mass is 1270 g/mol. The maximum atomic E-state index is 10.6. The molecule has 36 heteroatoms. The minimum atomic E-state index is -4.33. The van der Waals surface area contributed by atoms with Crippen LogP contribution in [-0.4, -0.2) is 220 Å². The first-order valence-corrected chi connectivity index (χ1v) is 35.5. The van der Waals surface area contributed by atoms with E-state index in [0.29, 0.717) is 49.3 Å². The van der Waals surface area contributed by atoms with Crippen LogP contribution < -0.4 is 42.5 Å². The van der Waals surface area contributed by atoms with E-state index in [1.54, 1.807) is 0 Å². The van der Waals surface area contributed by atoms with E-state index in [4.69, 9.17) is 13.7 Å². The number of hydrogen-bond acceptors (Lipinski definition) is 23. The molecule has 12 fully saturated rings. The number of ether oxygens (including phenoxy) is 3. The van der Waals surface area contributed by atoms with Crippen molar-refractivity contribution in [2.24, 2.45) is 47.3 Å². The minimum absolute atomic E-state index is 0. The van der Waals surface area contributed by atoms with Crippen LogP contribution in [0, 0.1) is 47.3 Å². The predicted molar refractivity (Wildman–Crippen MR) is 288 cm³/mol. The average molecular weight is 1270 g/mol. The summed E-state index contributed by atoms with van der Waals surface area (Å²) in [4.78, 5) is 0. The number of hydrogen-bond donors (Lipinski definition) is 11. The van der Waals surface area contributed by atoms with E-state index >= 15 is 0 Å². The molecule has 14 atom stereocenters. The van der Waals surface area contributed by atoms with Gasteiger partial charge in [-0.1, -0.05) is 51.4 Å². The molecule has 8 aliphatic heterocycles. The number of nitrogens with one attached hydrogen (secondary N) is 8. The second kappa shape index (κ2) is 28.9. The Morgan fingerprint density at radius 3 is 0.650 bits per heavy atom. The van der Waals surface area contributed by atoms with E-state index in [1.807, 2.05) is 0 Å². The van der Waals surface area contributed by atoms with Crippen molar-refractivity contribution in [3.05, 3.63) is 0 Å². The van der Waals surface area contributed by atoms with Gasteiger partial charge in [0.1, 0.15) is 0 Å². The summed E-state index contributed by atoms with van der Waals surface area (Å²) in [5, 5.41) is 33.8. The van der Waals surface area contributed by atoms with Crippen molar-refractivity contribution in [1.82, 2.24) is 55.4 Å². The molecule has 458 valence electrons. The van der Waals surface area contributed by atoms with Crippen molar-refractivity contribution in [3.63, 3.8) is 0 Å². The van der Waals surface area contributed by atoms with Crippen LogP contribution >= 0.6 is 0 Å². The van der Waals surface area contributed by atoms with Crippen LogP contribution in [0.3, 0.4) is 0 Å². The zero-order valence-electron chi connectivity index (χ0n) is 44.5. The molecular formula is C44H80AlN11O18S6. The van der Waals surface area contributed by atoms with Crippen LogP contribution in [-0.2, 0) is 78.4 Å². The quantitative estimate of drug-likeness (QED) is 0.0727. The van der Waals surface area contributed by atoms with Crippen LogP contribution in [0.25, 0.3) is 0 Å². The molecule has 4 aliphatic carbocycles. The Kier molecular flexibility index (Phi) is 23.8. The van der Waals surface area contributed by atoms with Gasteiger partial charge in [-0.15, -0.1) is 0 Å². The normalized spacial score (nSPS) is 42.8. The summed E-state index contributed by atoms with van der Waals surface area (Å²) in [6, 6.07) is 0. The van der Waals surface area contributed by atoms with E-state index in [0.717, 1.165) is 60.3 Å². The van der Waals surface area contributed by atoms with Gasteiger partial charge in [-0.25, -0.2) is 12.9 Å². The topological polar surface area (TPSA) is 417 Å². The Labute approximate surface area is 488 Å². The molecule has 0 aromatic carbocycles. The molecule has 8 bridgehead atoms. The molecule has 0 aromatic rings. The van der Waals surface area contributed by atoms with E-state index in [-0.39, 0.29) is 76.5 Å². The SMILES string of the molecule is C1CCC2C3NC(NC4NC(NC5NC(NC6NC(N3)C3CCCCC63)C3CCCCC53)C3CCCCC43)C2C1.O=S([O-])N1CCOC(S(=O)(=O)O)C1.O=S([O-])N1CCOC(S(=O)(=O)O)C1.O=S([O-])N1CCOC(S(=O)(=O)O)C1.[Al+3]. The van der Waals surface area contributed by atoms with Gasteiger partial charge in [0.2, 0.25) is 0 Å². The van der Waals surface area contributed by atoms with Crippen LogP contribution in [0.4, 0.5) is 0 Å². The molecule has 12 aliphatic rings. The summed E-state index contributed by atoms with van der Waals surface area (Å²) in [7, 11) is -13.0. The van der Waals surface area contributed by atoms with Crippen molar-refractivity contribution >= 4 is 81.5 Å². The molecule has 0 amide bonds. The Bertz CT molecular complexity index is 2120. The molecule has 0 radical (unpaired) electrons. The molecule has 4 saturated carbocycles. The van der Waals surface area contributed by atoms with Crippen molar-refractivity contribution in [2.75, 3.05) is 59.1 Å². The van der Waals surface area contributed by atoms with Gasteiger partial charge < -0.3 is 27.9 Å². The van der Waals surface area contributed by atoms with Gasteiger partial charge in [0.15, 0.2) is 16.3 Å². The molecule has 11 N–H and O–H groups in total. The third kappa shape index (κ3) is 16.4. The van der Waals surface area contributed by atoms with Gasteiger partial charge in [0, 0.05) is 53.4 Å². The Hall–Kier alpha value is 0.0325. The fourth-order valence-corrected chi connectivity index (χ4v) is 18.3. The standard InChI is InChI=1S/C32H56N8.3C4H9NO6S2.Al/c1-2-10-18-17(9-1)25-33-26(18)38-28-21-13-5-6-14-22(21)30(35-28)40-32-24-16-8-7-15-23(24)31(36-32)39-29-20-12-4-3-11-19(20)27(34-29)37-25;3*6-12(7)5-1-2-11-4(3-5)13(8,9)10;/h17-40H,1-16H2;3*4H,1-3H2,(H,6,7)(H,8,9,10);/q;;;;+3/p-3. The molecule has 80 heavy (non-hydrogen) atoms. The number of morpholine rings is 3. The summed E-state index contributed by atoms with van der Waals surface area (Å²) >= 11 is -7.44. The van der Waals surface area contributed by atoms with Gasteiger partial charge in [-0.05, 0) is 98.7 Å². The van der Waals surface area contributed by atoms with Gasteiger partial charge in [0.05, 0.1) is 88.8 Å². The molecule has 14 unspecified atom stereocenters. The van der Waals surface area contributed by atoms with Crippen LogP contribution in [0.2, 0.25) is 0 Å².